The highest BCUT2D eigenvalue weighted by Crippen LogP contribution is 2.31. The summed E-state index contributed by atoms with van der Waals surface area (Å²) in [6.45, 7) is 0.935. The van der Waals surface area contributed by atoms with Crippen molar-refractivity contribution < 1.29 is 18.7 Å². The molecule has 0 spiro atoms. The largest absolute Gasteiger partial charge is 0.393 e. The normalized spacial score (nSPS) is 28.1. The molecule has 1 amide bonds. The summed E-state index contributed by atoms with van der Waals surface area (Å²) in [5.41, 5.74) is -0.255. The minimum atomic E-state index is -0.715. The van der Waals surface area contributed by atoms with Crippen LogP contribution in [-0.4, -0.2) is 48.2 Å². The van der Waals surface area contributed by atoms with E-state index >= 15 is 0 Å². The van der Waals surface area contributed by atoms with Crippen molar-refractivity contribution in [3.8, 4) is 0 Å². The lowest BCUT2D eigenvalue weighted by atomic mass is 10.0. The number of benzene rings is 1. The molecule has 1 heterocycles. The molecule has 1 aromatic carbocycles. The maximum absolute atomic E-state index is 13.9. The first-order valence-electron chi connectivity index (χ1n) is 8.12. The number of anilines is 1. The van der Waals surface area contributed by atoms with Gasteiger partial charge < -0.3 is 10.0 Å². The van der Waals surface area contributed by atoms with Crippen LogP contribution in [0.15, 0.2) is 18.2 Å². The second-order valence-corrected chi connectivity index (χ2v) is 6.56. The molecule has 3 rings (SSSR count). The average Bonchev–Trinajstić information content (AvgIpc) is 3.06. The van der Waals surface area contributed by atoms with Crippen molar-refractivity contribution in [1.29, 1.82) is 0 Å². The third-order valence-electron chi connectivity index (χ3n) is 5.06. The second kappa shape index (κ2) is 6.53. The van der Waals surface area contributed by atoms with Gasteiger partial charge in [-0.25, -0.2) is 8.78 Å². The van der Waals surface area contributed by atoms with Gasteiger partial charge in [-0.2, -0.15) is 0 Å². The topological polar surface area (TPSA) is 43.8 Å². The van der Waals surface area contributed by atoms with Crippen molar-refractivity contribution in [2.45, 2.75) is 37.8 Å². The van der Waals surface area contributed by atoms with Gasteiger partial charge in [0.1, 0.15) is 17.3 Å². The summed E-state index contributed by atoms with van der Waals surface area (Å²) in [7, 11) is 1.84. The number of rotatable bonds is 4. The minimum Gasteiger partial charge on any atom is -0.393 e. The smallest absolute Gasteiger partial charge is 0.244 e. The standard InChI is InChI=1S/C17H22F2N2O2/c1-20(10-11-4-2-7-15(11)22)14-8-9-21(17(14)23)16-12(18)5-3-6-13(16)19/h3,5-6,11,14-15,22H,2,4,7-10H2,1H3. The van der Waals surface area contributed by atoms with Crippen molar-refractivity contribution in [1.82, 2.24) is 4.90 Å². The van der Waals surface area contributed by atoms with E-state index in [2.05, 4.69) is 0 Å². The molecule has 1 saturated heterocycles. The highest BCUT2D eigenvalue weighted by Gasteiger charge is 2.39. The Morgan fingerprint density at radius 2 is 1.96 bits per heavy atom. The lowest BCUT2D eigenvalue weighted by Crippen LogP contribution is -2.43. The van der Waals surface area contributed by atoms with Crippen LogP contribution in [0.2, 0.25) is 0 Å². The van der Waals surface area contributed by atoms with E-state index in [1.807, 2.05) is 11.9 Å². The predicted octanol–water partition coefficient (Wildman–Crippen LogP) is 2.16. The van der Waals surface area contributed by atoms with E-state index in [4.69, 9.17) is 0 Å². The van der Waals surface area contributed by atoms with E-state index in [0.29, 0.717) is 19.5 Å². The van der Waals surface area contributed by atoms with E-state index in [1.54, 1.807) is 0 Å². The molecule has 23 heavy (non-hydrogen) atoms. The van der Waals surface area contributed by atoms with Gasteiger partial charge in [0.2, 0.25) is 5.91 Å². The van der Waals surface area contributed by atoms with E-state index < -0.39 is 11.6 Å². The summed E-state index contributed by atoms with van der Waals surface area (Å²) >= 11 is 0. The van der Waals surface area contributed by atoms with Crippen LogP contribution in [0.1, 0.15) is 25.7 Å². The number of carbonyl (C=O) groups is 1. The number of amides is 1. The van der Waals surface area contributed by atoms with Crippen LogP contribution in [0.25, 0.3) is 0 Å². The van der Waals surface area contributed by atoms with Crippen LogP contribution >= 0.6 is 0 Å². The van der Waals surface area contributed by atoms with Crippen molar-refractivity contribution in [2.24, 2.45) is 5.92 Å². The van der Waals surface area contributed by atoms with Gasteiger partial charge in [-0.05, 0) is 44.4 Å². The summed E-state index contributed by atoms with van der Waals surface area (Å²) in [4.78, 5) is 15.7. The van der Waals surface area contributed by atoms with Gasteiger partial charge >= 0.3 is 0 Å². The molecule has 1 aliphatic carbocycles. The summed E-state index contributed by atoms with van der Waals surface area (Å²) in [6, 6.07) is 3.23. The van der Waals surface area contributed by atoms with E-state index in [-0.39, 0.29) is 29.7 Å². The molecule has 0 radical (unpaired) electrons. The Balaban J connectivity index is 1.71. The zero-order valence-corrected chi connectivity index (χ0v) is 13.2. The number of nitrogens with zero attached hydrogens (tertiary/aromatic N) is 2. The third-order valence-corrected chi connectivity index (χ3v) is 5.06. The number of halogens is 2. The molecule has 126 valence electrons. The van der Waals surface area contributed by atoms with Gasteiger partial charge in [0, 0.05) is 13.1 Å². The molecule has 3 atom stereocenters. The molecular weight excluding hydrogens is 302 g/mol. The van der Waals surface area contributed by atoms with Gasteiger partial charge in [0.05, 0.1) is 12.1 Å². The van der Waals surface area contributed by atoms with Crippen LogP contribution in [0.4, 0.5) is 14.5 Å². The maximum atomic E-state index is 13.9. The number of carbonyl (C=O) groups excluding carboxylic acids is 1. The number of aliphatic hydroxyl groups excluding tert-OH is 1. The van der Waals surface area contributed by atoms with Gasteiger partial charge in [0.25, 0.3) is 0 Å². The molecule has 6 heteroatoms. The van der Waals surface area contributed by atoms with Crippen molar-refractivity contribution in [3.63, 3.8) is 0 Å². The number of aliphatic hydroxyl groups is 1. The van der Waals surface area contributed by atoms with Gasteiger partial charge in [-0.1, -0.05) is 12.5 Å². The lowest BCUT2D eigenvalue weighted by Gasteiger charge is -2.27. The molecule has 1 aromatic rings. The fourth-order valence-corrected chi connectivity index (χ4v) is 3.77. The fourth-order valence-electron chi connectivity index (χ4n) is 3.77. The molecule has 2 fully saturated rings. The summed E-state index contributed by atoms with van der Waals surface area (Å²) in [6.07, 6.45) is 2.99. The zero-order chi connectivity index (χ0) is 16.6. The van der Waals surface area contributed by atoms with Crippen LogP contribution in [0.3, 0.4) is 0 Å². The first-order chi connectivity index (χ1) is 11.0. The Kier molecular flexibility index (Phi) is 4.64. The number of hydrogen-bond donors (Lipinski definition) is 1. The Hall–Kier alpha value is -1.53. The highest BCUT2D eigenvalue weighted by molar-refractivity contribution is 5.99. The predicted molar refractivity (Wildman–Crippen MR) is 83.1 cm³/mol. The Bertz CT molecular complexity index is 576. The van der Waals surface area contributed by atoms with Gasteiger partial charge in [-0.3, -0.25) is 9.69 Å². The zero-order valence-electron chi connectivity index (χ0n) is 13.2. The third kappa shape index (κ3) is 3.10. The van der Waals surface area contributed by atoms with Crippen LogP contribution in [-0.2, 0) is 4.79 Å². The first-order valence-corrected chi connectivity index (χ1v) is 8.12. The van der Waals surface area contributed by atoms with Gasteiger partial charge in [-0.15, -0.1) is 0 Å². The number of para-hydroxylation sites is 1. The average molecular weight is 324 g/mol. The van der Waals surface area contributed by atoms with E-state index in [0.717, 1.165) is 31.4 Å². The quantitative estimate of drug-likeness (QED) is 0.923. The Morgan fingerprint density at radius 3 is 2.57 bits per heavy atom. The SMILES string of the molecule is CN(CC1CCCC1O)C1CCN(c2c(F)cccc2F)C1=O. The van der Waals surface area contributed by atoms with Gasteiger partial charge in [0.15, 0.2) is 0 Å². The Morgan fingerprint density at radius 1 is 1.26 bits per heavy atom. The maximum Gasteiger partial charge on any atom is 0.244 e. The minimum absolute atomic E-state index is 0.173. The molecule has 0 bridgehead atoms. The van der Waals surface area contributed by atoms with E-state index in [9.17, 15) is 18.7 Å². The molecule has 0 aromatic heterocycles. The monoisotopic (exact) mass is 324 g/mol. The summed E-state index contributed by atoms with van der Waals surface area (Å²) < 4.78 is 27.8. The molecule has 4 nitrogen and oxygen atoms in total. The lowest BCUT2D eigenvalue weighted by molar-refractivity contribution is -0.121. The molecule has 2 aliphatic rings. The van der Waals surface area contributed by atoms with Crippen LogP contribution < -0.4 is 4.90 Å². The molecular formula is C17H22F2N2O2. The van der Waals surface area contributed by atoms with E-state index in [1.165, 1.54) is 11.0 Å². The van der Waals surface area contributed by atoms with Crippen molar-refractivity contribution in [3.05, 3.63) is 29.8 Å². The van der Waals surface area contributed by atoms with Crippen LogP contribution in [0, 0.1) is 17.6 Å². The number of likely N-dealkylation sites (N-methyl/N-ethyl adjacent to an activating group) is 1. The molecule has 1 saturated carbocycles. The Labute approximate surface area is 134 Å². The van der Waals surface area contributed by atoms with Crippen molar-refractivity contribution >= 4 is 11.6 Å². The number of hydrogen-bond acceptors (Lipinski definition) is 3. The summed E-state index contributed by atoms with van der Waals surface area (Å²) in [5, 5.41) is 9.93. The first kappa shape index (κ1) is 16.3. The molecule has 3 unspecified atom stereocenters. The molecule has 1 aliphatic heterocycles. The van der Waals surface area contributed by atoms with Crippen LogP contribution in [0.5, 0.6) is 0 Å². The fraction of sp³-hybridized carbons (Fsp3) is 0.588. The van der Waals surface area contributed by atoms with Crippen molar-refractivity contribution in [2.75, 3.05) is 25.0 Å². The summed E-state index contributed by atoms with van der Waals surface area (Å²) in [5.74, 6) is -1.53. The molecule has 1 N–H and O–H groups in total. The second-order valence-electron chi connectivity index (χ2n) is 6.56. The highest BCUT2D eigenvalue weighted by atomic mass is 19.1.